The van der Waals surface area contributed by atoms with Crippen LogP contribution < -0.4 is 10.6 Å². The maximum absolute atomic E-state index is 13.2. The zero-order chi connectivity index (χ0) is 21.1. The van der Waals surface area contributed by atoms with Gasteiger partial charge in [-0.05, 0) is 61.1 Å². The summed E-state index contributed by atoms with van der Waals surface area (Å²) >= 11 is 6.03. The Hall–Kier alpha value is -2.37. The summed E-state index contributed by atoms with van der Waals surface area (Å²) in [6.45, 7) is 2.14. The van der Waals surface area contributed by atoms with E-state index in [0.717, 1.165) is 48.9 Å². The number of benzene rings is 2. The van der Waals surface area contributed by atoms with Gasteiger partial charge in [-0.1, -0.05) is 42.3 Å². The third-order valence-corrected chi connectivity index (χ3v) is 6.50. The van der Waals surface area contributed by atoms with Crippen molar-refractivity contribution < 1.29 is 14.3 Å². The molecule has 0 unspecified atom stereocenters. The number of carbonyl (C=O) groups is 2. The maximum atomic E-state index is 13.2. The van der Waals surface area contributed by atoms with Crippen LogP contribution in [0.5, 0.6) is 0 Å². The molecule has 2 N–H and O–H groups in total. The minimum Gasteiger partial charge on any atom is -0.373 e. The van der Waals surface area contributed by atoms with Crippen molar-refractivity contribution in [2.45, 2.75) is 56.6 Å². The molecule has 2 amide bonds. The highest BCUT2D eigenvalue weighted by molar-refractivity contribution is 6.30. The molecule has 2 atom stereocenters. The van der Waals surface area contributed by atoms with Crippen molar-refractivity contribution in [3.05, 3.63) is 64.7 Å². The molecule has 30 heavy (non-hydrogen) atoms. The SMILES string of the molecule is CC(=O)N[C@H]1CCO[C@@H](c2cccc(NC(=O)C3(c4ccc(Cl)cc4)CCC3)c2)C1. The van der Waals surface area contributed by atoms with E-state index >= 15 is 0 Å². The van der Waals surface area contributed by atoms with E-state index in [4.69, 9.17) is 16.3 Å². The van der Waals surface area contributed by atoms with Gasteiger partial charge < -0.3 is 15.4 Å². The quantitative estimate of drug-likeness (QED) is 0.724. The molecule has 1 saturated heterocycles. The molecule has 6 heteroatoms. The number of halogens is 1. The Kier molecular flexibility index (Phi) is 6.11. The number of carbonyl (C=O) groups excluding carboxylic acids is 2. The highest BCUT2D eigenvalue weighted by Crippen LogP contribution is 2.45. The lowest BCUT2D eigenvalue weighted by atomic mass is 9.64. The third-order valence-electron chi connectivity index (χ3n) is 6.25. The maximum Gasteiger partial charge on any atom is 0.235 e. The number of hydrogen-bond donors (Lipinski definition) is 2. The lowest BCUT2D eigenvalue weighted by Gasteiger charge is -2.40. The van der Waals surface area contributed by atoms with Gasteiger partial charge in [-0.25, -0.2) is 0 Å². The van der Waals surface area contributed by atoms with E-state index < -0.39 is 5.41 Å². The van der Waals surface area contributed by atoms with Crippen LogP contribution in [0, 0.1) is 0 Å². The number of hydrogen-bond acceptors (Lipinski definition) is 3. The molecule has 1 saturated carbocycles. The van der Waals surface area contributed by atoms with Crippen molar-refractivity contribution in [2.24, 2.45) is 0 Å². The average molecular weight is 427 g/mol. The van der Waals surface area contributed by atoms with Crippen LogP contribution in [0.2, 0.25) is 5.02 Å². The van der Waals surface area contributed by atoms with Gasteiger partial charge in [-0.2, -0.15) is 0 Å². The van der Waals surface area contributed by atoms with Gasteiger partial charge in [0.05, 0.1) is 11.5 Å². The molecule has 2 aromatic rings. The molecular formula is C24H27ClN2O3. The number of ether oxygens (including phenoxy) is 1. The van der Waals surface area contributed by atoms with E-state index in [1.165, 1.54) is 6.92 Å². The van der Waals surface area contributed by atoms with Gasteiger partial charge in [-0.3, -0.25) is 9.59 Å². The molecular weight excluding hydrogens is 400 g/mol. The van der Waals surface area contributed by atoms with Gasteiger partial charge in [0.15, 0.2) is 0 Å². The summed E-state index contributed by atoms with van der Waals surface area (Å²) in [4.78, 5) is 24.6. The van der Waals surface area contributed by atoms with Crippen molar-refractivity contribution in [3.8, 4) is 0 Å². The predicted molar refractivity (Wildman–Crippen MR) is 118 cm³/mol. The second-order valence-corrected chi connectivity index (χ2v) is 8.74. The largest absolute Gasteiger partial charge is 0.373 e. The molecule has 0 radical (unpaired) electrons. The van der Waals surface area contributed by atoms with Crippen molar-refractivity contribution in [2.75, 3.05) is 11.9 Å². The third kappa shape index (κ3) is 4.37. The van der Waals surface area contributed by atoms with Crippen LogP contribution in [0.15, 0.2) is 48.5 Å². The summed E-state index contributed by atoms with van der Waals surface area (Å²) in [5.41, 5.74) is 2.30. The van der Waals surface area contributed by atoms with Crippen LogP contribution in [-0.4, -0.2) is 24.5 Å². The first-order chi connectivity index (χ1) is 14.5. The first kappa shape index (κ1) is 20.9. The van der Waals surface area contributed by atoms with E-state index in [2.05, 4.69) is 10.6 Å². The average Bonchev–Trinajstić information content (AvgIpc) is 2.68. The van der Waals surface area contributed by atoms with Gasteiger partial charge in [-0.15, -0.1) is 0 Å². The van der Waals surface area contributed by atoms with E-state index in [1.54, 1.807) is 0 Å². The zero-order valence-electron chi connectivity index (χ0n) is 17.1. The van der Waals surface area contributed by atoms with Crippen molar-refractivity contribution in [1.82, 2.24) is 5.32 Å². The van der Waals surface area contributed by atoms with Crippen molar-refractivity contribution in [3.63, 3.8) is 0 Å². The highest BCUT2D eigenvalue weighted by atomic mass is 35.5. The molecule has 2 aliphatic rings. The van der Waals surface area contributed by atoms with Gasteiger partial charge in [0, 0.05) is 30.3 Å². The molecule has 2 aromatic carbocycles. The summed E-state index contributed by atoms with van der Waals surface area (Å²) in [6.07, 6.45) is 4.16. The van der Waals surface area contributed by atoms with Crippen LogP contribution in [0.4, 0.5) is 5.69 Å². The fourth-order valence-electron chi connectivity index (χ4n) is 4.46. The molecule has 0 aromatic heterocycles. The van der Waals surface area contributed by atoms with Crippen molar-refractivity contribution in [1.29, 1.82) is 0 Å². The second-order valence-electron chi connectivity index (χ2n) is 8.30. The van der Waals surface area contributed by atoms with Crippen LogP contribution in [0.25, 0.3) is 0 Å². The summed E-state index contributed by atoms with van der Waals surface area (Å²) in [6, 6.07) is 15.5. The summed E-state index contributed by atoms with van der Waals surface area (Å²) in [5, 5.41) is 6.78. The van der Waals surface area contributed by atoms with E-state index in [-0.39, 0.29) is 24.0 Å². The minimum atomic E-state index is -0.488. The minimum absolute atomic E-state index is 0.0188. The molecule has 4 rings (SSSR count). The Morgan fingerprint density at radius 3 is 2.57 bits per heavy atom. The Morgan fingerprint density at radius 1 is 1.13 bits per heavy atom. The topological polar surface area (TPSA) is 67.4 Å². The molecule has 0 spiro atoms. The molecule has 0 bridgehead atoms. The Bertz CT molecular complexity index is 924. The zero-order valence-corrected chi connectivity index (χ0v) is 17.9. The molecule has 5 nitrogen and oxygen atoms in total. The fourth-order valence-corrected chi connectivity index (χ4v) is 4.59. The smallest absolute Gasteiger partial charge is 0.235 e. The Morgan fingerprint density at radius 2 is 1.90 bits per heavy atom. The Balaban J connectivity index is 1.48. The number of amides is 2. The first-order valence-electron chi connectivity index (χ1n) is 10.5. The molecule has 158 valence electrons. The molecule has 1 heterocycles. The monoisotopic (exact) mass is 426 g/mol. The molecule has 1 aliphatic heterocycles. The van der Waals surface area contributed by atoms with Crippen LogP contribution in [-0.2, 0) is 19.7 Å². The van der Waals surface area contributed by atoms with E-state index in [1.807, 2.05) is 48.5 Å². The molecule has 2 fully saturated rings. The van der Waals surface area contributed by atoms with Crippen molar-refractivity contribution >= 4 is 29.1 Å². The molecule has 1 aliphatic carbocycles. The van der Waals surface area contributed by atoms with Gasteiger partial charge in [0.2, 0.25) is 11.8 Å². The number of rotatable bonds is 5. The predicted octanol–water partition coefficient (Wildman–Crippen LogP) is 4.76. The van der Waals surface area contributed by atoms with Gasteiger partial charge in [0.1, 0.15) is 0 Å². The lowest BCUT2D eigenvalue weighted by molar-refractivity contribution is -0.124. The van der Waals surface area contributed by atoms with Crippen LogP contribution in [0.3, 0.4) is 0 Å². The summed E-state index contributed by atoms with van der Waals surface area (Å²) in [7, 11) is 0. The van der Waals surface area contributed by atoms with E-state index in [9.17, 15) is 9.59 Å². The normalized spacial score (nSPS) is 22.6. The second kappa shape index (κ2) is 8.78. The fraction of sp³-hybridized carbons (Fsp3) is 0.417. The van der Waals surface area contributed by atoms with Gasteiger partial charge >= 0.3 is 0 Å². The van der Waals surface area contributed by atoms with Crippen LogP contribution in [0.1, 0.15) is 56.3 Å². The van der Waals surface area contributed by atoms with E-state index in [0.29, 0.717) is 11.6 Å². The van der Waals surface area contributed by atoms with Gasteiger partial charge in [0.25, 0.3) is 0 Å². The lowest BCUT2D eigenvalue weighted by Crippen LogP contribution is -2.46. The summed E-state index contributed by atoms with van der Waals surface area (Å²) in [5.74, 6) is 0.00330. The van der Waals surface area contributed by atoms with Crippen LogP contribution >= 0.6 is 11.6 Å². The summed E-state index contributed by atoms with van der Waals surface area (Å²) < 4.78 is 5.94. The highest BCUT2D eigenvalue weighted by Gasteiger charge is 2.45. The first-order valence-corrected chi connectivity index (χ1v) is 10.9. The number of anilines is 1. The Labute approximate surface area is 182 Å². The standard InChI is InChI=1S/C24H27ClN2O3/c1-16(28)26-21-10-13-30-22(15-21)17-4-2-5-20(14-17)27-23(29)24(11-3-12-24)18-6-8-19(25)9-7-18/h2,4-9,14,21-22H,3,10-13,15H2,1H3,(H,26,28)(H,27,29)/t21-,22+/m0/s1. The number of nitrogens with one attached hydrogen (secondary N) is 2.